The molecule has 1 aliphatic heterocycles. The molecule has 0 spiro atoms. The zero-order valence-corrected chi connectivity index (χ0v) is 15.5. The van der Waals surface area contributed by atoms with Crippen LogP contribution in [0.3, 0.4) is 0 Å². The number of nitro benzene ring substituents is 1. The molecule has 1 aliphatic carbocycles. The zero-order valence-electron chi connectivity index (χ0n) is 14.7. The molecule has 1 saturated carbocycles. The number of hydrogen-bond acceptors (Lipinski definition) is 6. The summed E-state index contributed by atoms with van der Waals surface area (Å²) in [5.41, 5.74) is -0.317. The highest BCUT2D eigenvalue weighted by Gasteiger charge is 2.48. The van der Waals surface area contributed by atoms with Crippen LogP contribution in [0.25, 0.3) is 0 Å². The Bertz CT molecular complexity index is 867. The van der Waals surface area contributed by atoms with Gasteiger partial charge in [-0.3, -0.25) is 29.4 Å². The highest BCUT2D eigenvalue weighted by molar-refractivity contribution is 6.45. The maximum Gasteiger partial charge on any atom is 0.334 e. The van der Waals surface area contributed by atoms with Crippen LogP contribution in [-0.2, 0) is 14.4 Å². The van der Waals surface area contributed by atoms with Crippen molar-refractivity contribution < 1.29 is 24.1 Å². The largest absolute Gasteiger partial charge is 0.334 e. The number of rotatable bonds is 5. The van der Waals surface area contributed by atoms with Crippen LogP contribution >= 0.6 is 11.6 Å². The van der Waals surface area contributed by atoms with Crippen molar-refractivity contribution in [3.05, 3.63) is 33.3 Å². The molecule has 5 amide bonds. The van der Waals surface area contributed by atoms with E-state index in [0.29, 0.717) is 17.7 Å². The normalized spacial score (nSPS) is 18.0. The topological polar surface area (TPSA) is 130 Å². The summed E-state index contributed by atoms with van der Waals surface area (Å²) in [6.45, 7) is -0.664. The summed E-state index contributed by atoms with van der Waals surface area (Å²) in [6, 6.07) is 2.52. The molecular weight excluding hydrogens is 392 g/mol. The van der Waals surface area contributed by atoms with Crippen molar-refractivity contribution in [1.29, 1.82) is 0 Å². The van der Waals surface area contributed by atoms with Gasteiger partial charge in [-0.15, -0.1) is 0 Å². The molecule has 3 rings (SSSR count). The van der Waals surface area contributed by atoms with Gasteiger partial charge >= 0.3 is 17.8 Å². The van der Waals surface area contributed by atoms with Crippen molar-refractivity contribution in [2.75, 3.05) is 11.9 Å². The Morgan fingerprint density at radius 2 is 1.86 bits per heavy atom. The fourth-order valence-electron chi connectivity index (χ4n) is 3.40. The van der Waals surface area contributed by atoms with E-state index in [1.165, 1.54) is 12.1 Å². The first-order valence-corrected chi connectivity index (χ1v) is 9.10. The monoisotopic (exact) mass is 408 g/mol. The average Bonchev–Trinajstić information content (AvgIpc) is 2.87. The third-order valence-electron chi connectivity index (χ3n) is 4.75. The molecule has 11 heteroatoms. The van der Waals surface area contributed by atoms with Crippen LogP contribution in [0, 0.1) is 10.1 Å². The van der Waals surface area contributed by atoms with Crippen LogP contribution in [0.15, 0.2) is 18.2 Å². The van der Waals surface area contributed by atoms with Crippen molar-refractivity contribution >= 4 is 46.7 Å². The zero-order chi connectivity index (χ0) is 20.4. The first kappa shape index (κ1) is 19.7. The maximum atomic E-state index is 12.5. The smallest absolute Gasteiger partial charge is 0.324 e. The second-order valence-electron chi connectivity index (χ2n) is 6.61. The predicted octanol–water partition coefficient (Wildman–Crippen LogP) is 2.31. The van der Waals surface area contributed by atoms with E-state index in [-0.39, 0.29) is 16.8 Å². The van der Waals surface area contributed by atoms with E-state index in [4.69, 9.17) is 11.6 Å². The number of hydrogen-bond donors (Lipinski definition) is 1. The van der Waals surface area contributed by atoms with Crippen LogP contribution < -0.4 is 5.32 Å². The molecule has 2 aliphatic rings. The van der Waals surface area contributed by atoms with Gasteiger partial charge in [-0.25, -0.2) is 9.69 Å². The Morgan fingerprint density at radius 1 is 1.18 bits per heavy atom. The lowest BCUT2D eigenvalue weighted by molar-refractivity contribution is -0.384. The lowest BCUT2D eigenvalue weighted by Gasteiger charge is -2.28. The number of nitrogens with one attached hydrogen (secondary N) is 1. The van der Waals surface area contributed by atoms with E-state index in [1.807, 2.05) is 0 Å². The van der Waals surface area contributed by atoms with Crippen LogP contribution in [0.1, 0.15) is 32.1 Å². The first-order chi connectivity index (χ1) is 13.3. The van der Waals surface area contributed by atoms with Crippen molar-refractivity contribution in [2.24, 2.45) is 0 Å². The molecular formula is C17H17ClN4O6. The first-order valence-electron chi connectivity index (χ1n) is 8.72. The molecule has 1 aromatic carbocycles. The molecule has 0 bridgehead atoms. The van der Waals surface area contributed by atoms with E-state index in [0.717, 1.165) is 30.2 Å². The number of nitro groups is 1. The van der Waals surface area contributed by atoms with E-state index in [1.54, 1.807) is 0 Å². The van der Waals surface area contributed by atoms with Crippen LogP contribution in [0.4, 0.5) is 16.2 Å². The second-order valence-corrected chi connectivity index (χ2v) is 7.02. The molecule has 148 valence electrons. The molecule has 28 heavy (non-hydrogen) atoms. The summed E-state index contributed by atoms with van der Waals surface area (Å²) in [5, 5.41) is 13.2. The number of urea groups is 1. The van der Waals surface area contributed by atoms with Crippen LogP contribution in [-0.4, -0.2) is 51.1 Å². The van der Waals surface area contributed by atoms with Gasteiger partial charge in [0, 0.05) is 17.8 Å². The number of anilines is 1. The summed E-state index contributed by atoms with van der Waals surface area (Å²) in [6.07, 6.45) is 4.02. The van der Waals surface area contributed by atoms with Crippen molar-refractivity contribution in [3.63, 3.8) is 0 Å². The average molecular weight is 409 g/mol. The second kappa shape index (κ2) is 7.93. The third kappa shape index (κ3) is 3.81. The summed E-state index contributed by atoms with van der Waals surface area (Å²) in [7, 11) is 0. The molecule has 2 fully saturated rings. The minimum Gasteiger partial charge on any atom is -0.324 e. The van der Waals surface area contributed by atoms with E-state index in [9.17, 15) is 29.3 Å². The minimum absolute atomic E-state index is 0.0793. The van der Waals surface area contributed by atoms with E-state index in [2.05, 4.69) is 5.32 Å². The fourth-order valence-corrected chi connectivity index (χ4v) is 3.58. The number of benzene rings is 1. The van der Waals surface area contributed by atoms with Gasteiger partial charge in [0.2, 0.25) is 5.91 Å². The molecule has 0 unspecified atom stereocenters. The summed E-state index contributed by atoms with van der Waals surface area (Å²) in [4.78, 5) is 60.9. The molecule has 0 aromatic heterocycles. The van der Waals surface area contributed by atoms with Gasteiger partial charge in [-0.05, 0) is 25.0 Å². The van der Waals surface area contributed by atoms with Gasteiger partial charge in [0.1, 0.15) is 11.6 Å². The quantitative estimate of drug-likeness (QED) is 0.344. The maximum absolute atomic E-state index is 12.5. The summed E-state index contributed by atoms with van der Waals surface area (Å²) in [5.74, 6) is -2.74. The van der Waals surface area contributed by atoms with Gasteiger partial charge in [-0.2, -0.15) is 0 Å². The minimum atomic E-state index is -1.05. The number of amides is 5. The fraction of sp³-hybridized carbons (Fsp3) is 0.412. The SMILES string of the molecule is O=C(CN1C(=O)C(=O)N(C2CCCCC2)C1=O)Nc1ccc(Cl)c([N+](=O)[O-])c1. The molecule has 1 aromatic rings. The van der Waals surface area contributed by atoms with Crippen molar-refractivity contribution in [3.8, 4) is 0 Å². The van der Waals surface area contributed by atoms with Gasteiger partial charge in [0.15, 0.2) is 0 Å². The molecule has 1 heterocycles. The van der Waals surface area contributed by atoms with E-state index < -0.39 is 40.9 Å². The molecule has 10 nitrogen and oxygen atoms in total. The Hall–Kier alpha value is -3.01. The van der Waals surface area contributed by atoms with Crippen molar-refractivity contribution in [1.82, 2.24) is 9.80 Å². The van der Waals surface area contributed by atoms with Gasteiger partial charge in [-0.1, -0.05) is 30.9 Å². The Morgan fingerprint density at radius 3 is 2.50 bits per heavy atom. The number of nitrogens with zero attached hydrogens (tertiary/aromatic N) is 3. The number of imide groups is 2. The highest BCUT2D eigenvalue weighted by Crippen LogP contribution is 2.28. The molecule has 1 N–H and O–H groups in total. The van der Waals surface area contributed by atoms with Gasteiger partial charge < -0.3 is 5.32 Å². The lowest BCUT2D eigenvalue weighted by Crippen LogP contribution is -2.43. The highest BCUT2D eigenvalue weighted by atomic mass is 35.5. The van der Waals surface area contributed by atoms with Gasteiger partial charge in [0.05, 0.1) is 4.92 Å². The number of halogens is 1. The number of carbonyl (C=O) groups is 4. The summed E-state index contributed by atoms with van der Waals surface area (Å²) >= 11 is 5.71. The number of carbonyl (C=O) groups excluding carboxylic acids is 4. The van der Waals surface area contributed by atoms with E-state index >= 15 is 0 Å². The van der Waals surface area contributed by atoms with Crippen LogP contribution in [0.2, 0.25) is 5.02 Å². The van der Waals surface area contributed by atoms with Crippen LogP contribution in [0.5, 0.6) is 0 Å². The van der Waals surface area contributed by atoms with Gasteiger partial charge in [0.25, 0.3) is 5.69 Å². The molecule has 0 radical (unpaired) electrons. The predicted molar refractivity (Wildman–Crippen MR) is 97.6 cm³/mol. The molecule has 0 atom stereocenters. The molecule has 1 saturated heterocycles. The Kier molecular flexibility index (Phi) is 5.59. The summed E-state index contributed by atoms with van der Waals surface area (Å²) < 4.78 is 0. The Balaban J connectivity index is 1.69. The standard InChI is InChI=1S/C17H17ClN4O6/c18-12-7-6-10(8-13(12)22(27)28)19-14(23)9-20-15(24)16(25)21(17(20)26)11-4-2-1-3-5-11/h6-8,11H,1-5,9H2,(H,19,23). The lowest BCUT2D eigenvalue weighted by atomic mass is 9.94. The third-order valence-corrected chi connectivity index (χ3v) is 5.07. The Labute approximate surface area is 164 Å². The van der Waals surface area contributed by atoms with Crippen molar-refractivity contribution in [2.45, 2.75) is 38.1 Å².